The molecule has 6 heteroatoms. The Labute approximate surface area is 159 Å². The van der Waals surface area contributed by atoms with Gasteiger partial charge in [-0.1, -0.05) is 30.3 Å². The third-order valence-corrected chi connectivity index (χ3v) is 6.30. The summed E-state index contributed by atoms with van der Waals surface area (Å²) >= 11 is 1.53. The molecule has 2 fully saturated rings. The molecular formula is C20H28N2O3S. The van der Waals surface area contributed by atoms with Crippen molar-refractivity contribution < 1.29 is 14.3 Å². The lowest BCUT2D eigenvalue weighted by Crippen LogP contribution is -2.56. The molecule has 0 bridgehead atoms. The molecule has 3 atom stereocenters. The number of amides is 2. The summed E-state index contributed by atoms with van der Waals surface area (Å²) in [5.74, 6) is 0.705. The van der Waals surface area contributed by atoms with E-state index in [1.807, 2.05) is 41.5 Å². The van der Waals surface area contributed by atoms with E-state index in [1.165, 1.54) is 11.8 Å². The van der Waals surface area contributed by atoms with Crippen LogP contribution in [-0.2, 0) is 20.7 Å². The standard InChI is InChI=1S/C20H28N2O3S/c1-25-20-9-8-16(21-18(23)14-26-2)13-17(20)22(11-10-20)19(24)12-15-6-4-3-5-7-15/h3-7,16-17H,8-14H2,1-2H3,(H,21,23)/t16-,17+,20-/m1/s1. The molecule has 26 heavy (non-hydrogen) atoms. The van der Waals surface area contributed by atoms with Gasteiger partial charge in [-0.3, -0.25) is 9.59 Å². The van der Waals surface area contributed by atoms with Gasteiger partial charge in [0, 0.05) is 19.7 Å². The van der Waals surface area contributed by atoms with Crippen molar-refractivity contribution in [1.82, 2.24) is 10.2 Å². The van der Waals surface area contributed by atoms with Gasteiger partial charge in [-0.25, -0.2) is 0 Å². The van der Waals surface area contributed by atoms with Crippen molar-refractivity contribution in [2.75, 3.05) is 25.7 Å². The first kappa shape index (κ1) is 19.2. The predicted molar refractivity (Wildman–Crippen MR) is 104 cm³/mol. The summed E-state index contributed by atoms with van der Waals surface area (Å²) in [5.41, 5.74) is 0.778. The van der Waals surface area contributed by atoms with E-state index in [0.717, 1.165) is 37.8 Å². The van der Waals surface area contributed by atoms with Gasteiger partial charge < -0.3 is 15.0 Å². The van der Waals surface area contributed by atoms with Crippen molar-refractivity contribution in [3.05, 3.63) is 35.9 Å². The lowest BCUT2D eigenvalue weighted by atomic mass is 9.78. The molecule has 1 N–H and O–H groups in total. The van der Waals surface area contributed by atoms with Crippen molar-refractivity contribution in [3.63, 3.8) is 0 Å². The van der Waals surface area contributed by atoms with Crippen LogP contribution < -0.4 is 5.32 Å². The molecule has 1 aliphatic heterocycles. The number of benzene rings is 1. The Morgan fingerprint density at radius 2 is 2.08 bits per heavy atom. The predicted octanol–water partition coefficient (Wildman–Crippen LogP) is 2.25. The molecule has 1 aromatic rings. The molecule has 3 rings (SSSR count). The maximum Gasteiger partial charge on any atom is 0.230 e. The van der Waals surface area contributed by atoms with Gasteiger partial charge in [0.05, 0.1) is 23.8 Å². The molecule has 0 unspecified atom stereocenters. The van der Waals surface area contributed by atoms with Gasteiger partial charge in [0.2, 0.25) is 11.8 Å². The second kappa shape index (κ2) is 8.44. The largest absolute Gasteiger partial charge is 0.376 e. The van der Waals surface area contributed by atoms with E-state index in [2.05, 4.69) is 5.32 Å². The molecular weight excluding hydrogens is 348 g/mol. The van der Waals surface area contributed by atoms with Crippen LogP contribution in [0.4, 0.5) is 0 Å². The van der Waals surface area contributed by atoms with Crippen molar-refractivity contribution in [2.24, 2.45) is 0 Å². The molecule has 5 nitrogen and oxygen atoms in total. The van der Waals surface area contributed by atoms with Gasteiger partial charge in [0.25, 0.3) is 0 Å². The van der Waals surface area contributed by atoms with Gasteiger partial charge >= 0.3 is 0 Å². The number of rotatable bonds is 6. The Hall–Kier alpha value is -1.53. The van der Waals surface area contributed by atoms with Crippen LogP contribution in [0.3, 0.4) is 0 Å². The van der Waals surface area contributed by atoms with E-state index in [0.29, 0.717) is 12.2 Å². The Morgan fingerprint density at radius 1 is 1.31 bits per heavy atom. The molecule has 1 heterocycles. The highest BCUT2D eigenvalue weighted by atomic mass is 32.2. The summed E-state index contributed by atoms with van der Waals surface area (Å²) < 4.78 is 5.92. The van der Waals surface area contributed by atoms with E-state index in [1.54, 1.807) is 7.11 Å². The van der Waals surface area contributed by atoms with E-state index < -0.39 is 0 Å². The minimum absolute atomic E-state index is 0.0389. The zero-order valence-corrected chi connectivity index (χ0v) is 16.4. The smallest absolute Gasteiger partial charge is 0.230 e. The van der Waals surface area contributed by atoms with Crippen LogP contribution in [0.25, 0.3) is 0 Å². The van der Waals surface area contributed by atoms with E-state index in [9.17, 15) is 9.59 Å². The van der Waals surface area contributed by atoms with Crippen molar-refractivity contribution >= 4 is 23.6 Å². The summed E-state index contributed by atoms with van der Waals surface area (Å²) in [5, 5.41) is 3.13. The Morgan fingerprint density at radius 3 is 2.77 bits per heavy atom. The summed E-state index contributed by atoms with van der Waals surface area (Å²) in [4.78, 5) is 26.9. The quantitative estimate of drug-likeness (QED) is 0.827. The first-order valence-corrected chi connectivity index (χ1v) is 10.6. The average Bonchev–Trinajstić information content (AvgIpc) is 3.02. The average molecular weight is 377 g/mol. The molecule has 0 spiro atoms. The highest BCUT2D eigenvalue weighted by Crippen LogP contribution is 2.42. The fourth-order valence-electron chi connectivity index (χ4n) is 4.40. The maximum absolute atomic E-state index is 12.9. The summed E-state index contributed by atoms with van der Waals surface area (Å²) in [6.45, 7) is 0.732. The van der Waals surface area contributed by atoms with Crippen LogP contribution in [0.1, 0.15) is 31.2 Å². The number of fused-ring (bicyclic) bond motifs is 1. The zero-order chi connectivity index (χ0) is 18.6. The maximum atomic E-state index is 12.9. The fourth-order valence-corrected chi connectivity index (χ4v) is 4.74. The number of carbonyl (C=O) groups is 2. The van der Waals surface area contributed by atoms with Crippen LogP contribution >= 0.6 is 11.8 Å². The summed E-state index contributed by atoms with van der Waals surface area (Å²) in [7, 11) is 1.75. The number of carbonyl (C=O) groups excluding carboxylic acids is 2. The van der Waals surface area contributed by atoms with Gasteiger partial charge in [0.15, 0.2) is 0 Å². The summed E-state index contributed by atoms with van der Waals surface area (Å²) in [6.07, 6.45) is 5.78. The molecule has 1 saturated heterocycles. The van der Waals surface area contributed by atoms with Crippen LogP contribution in [-0.4, -0.2) is 60.1 Å². The fraction of sp³-hybridized carbons (Fsp3) is 0.600. The topological polar surface area (TPSA) is 58.6 Å². The van der Waals surface area contributed by atoms with Crippen LogP contribution in [0.5, 0.6) is 0 Å². The van der Waals surface area contributed by atoms with Crippen molar-refractivity contribution in [1.29, 1.82) is 0 Å². The number of nitrogens with one attached hydrogen (secondary N) is 1. The molecule has 1 saturated carbocycles. The minimum atomic E-state index is -0.257. The number of nitrogens with zero attached hydrogens (tertiary/aromatic N) is 1. The van der Waals surface area contributed by atoms with Crippen LogP contribution in [0.2, 0.25) is 0 Å². The van der Waals surface area contributed by atoms with Gasteiger partial charge in [-0.15, -0.1) is 0 Å². The zero-order valence-electron chi connectivity index (χ0n) is 15.6. The third-order valence-electron chi connectivity index (χ3n) is 5.75. The molecule has 142 valence electrons. The number of likely N-dealkylation sites (tertiary alicyclic amines) is 1. The SMILES string of the molecule is CO[C@@]12CC[C@@H](NC(=O)CSC)C[C@@H]1N(C(=O)Cc1ccccc1)CC2. The van der Waals surface area contributed by atoms with Gasteiger partial charge in [-0.05, 0) is 37.5 Å². The lowest BCUT2D eigenvalue weighted by molar-refractivity contribution is -0.137. The van der Waals surface area contributed by atoms with Gasteiger partial charge in [0.1, 0.15) is 0 Å². The number of thioether (sulfide) groups is 1. The number of hydrogen-bond donors (Lipinski definition) is 1. The molecule has 0 radical (unpaired) electrons. The van der Waals surface area contributed by atoms with Crippen molar-refractivity contribution in [2.45, 2.75) is 49.8 Å². The number of hydrogen-bond acceptors (Lipinski definition) is 4. The molecule has 2 aliphatic rings. The lowest BCUT2D eigenvalue weighted by Gasteiger charge is -2.43. The third kappa shape index (κ3) is 4.07. The monoisotopic (exact) mass is 376 g/mol. The second-order valence-electron chi connectivity index (χ2n) is 7.26. The molecule has 1 aliphatic carbocycles. The molecule has 2 amide bonds. The van der Waals surface area contributed by atoms with E-state index in [-0.39, 0.29) is 29.5 Å². The van der Waals surface area contributed by atoms with E-state index in [4.69, 9.17) is 4.74 Å². The second-order valence-corrected chi connectivity index (χ2v) is 8.12. The normalized spacial score (nSPS) is 27.8. The highest BCUT2D eigenvalue weighted by molar-refractivity contribution is 7.99. The first-order valence-electron chi connectivity index (χ1n) is 9.25. The molecule has 1 aromatic carbocycles. The van der Waals surface area contributed by atoms with Crippen molar-refractivity contribution in [3.8, 4) is 0 Å². The molecule has 0 aromatic heterocycles. The highest BCUT2D eigenvalue weighted by Gasteiger charge is 2.52. The van der Waals surface area contributed by atoms with E-state index >= 15 is 0 Å². The minimum Gasteiger partial charge on any atom is -0.376 e. The number of methoxy groups -OCH3 is 1. The van der Waals surface area contributed by atoms with Crippen LogP contribution in [0.15, 0.2) is 30.3 Å². The first-order chi connectivity index (χ1) is 12.6. The summed E-state index contributed by atoms with van der Waals surface area (Å²) in [6, 6.07) is 10.0. The number of ether oxygens (including phenoxy) is 1. The Bertz CT molecular complexity index is 639. The van der Waals surface area contributed by atoms with Gasteiger partial charge in [-0.2, -0.15) is 11.8 Å². The van der Waals surface area contributed by atoms with Crippen LogP contribution in [0, 0.1) is 0 Å². The Balaban J connectivity index is 1.69. The Kier molecular flexibility index (Phi) is 6.24.